The first kappa shape index (κ1) is 32.9. The molecule has 9 heteroatoms. The van der Waals surface area contributed by atoms with Crippen LogP contribution in [0.2, 0.25) is 0 Å². The molecule has 2 aromatic rings. The second-order valence-corrected chi connectivity index (χ2v) is 8.83. The molecule has 2 aliphatic heterocycles. The Bertz CT molecular complexity index is 900. The van der Waals surface area contributed by atoms with E-state index in [0.29, 0.717) is 18.8 Å². The third-order valence-electron chi connectivity index (χ3n) is 6.16. The van der Waals surface area contributed by atoms with Crippen LogP contribution < -0.4 is 5.32 Å². The molecule has 2 saturated heterocycles. The molecule has 0 radical (unpaired) electrons. The van der Waals surface area contributed by atoms with Gasteiger partial charge in [0.2, 0.25) is 0 Å². The molecule has 0 aromatic carbocycles. The monoisotopic (exact) mass is 528 g/mol. The van der Waals surface area contributed by atoms with Crippen LogP contribution in [-0.4, -0.2) is 72.5 Å². The number of rotatable bonds is 7. The van der Waals surface area contributed by atoms with Crippen molar-refractivity contribution in [1.82, 2.24) is 20.2 Å². The fourth-order valence-corrected chi connectivity index (χ4v) is 4.09. The first-order valence-electron chi connectivity index (χ1n) is 13.1. The standard InChI is InChI=1S/C14H20N2O2.C8H15NO2.C6H5NO.CH4/c1-2-18-14(17)13-5-9-16(10-6-13)11-12-3-7-15-8-4-12;1-2-11-8(10)7-3-5-9-6-4-7;8-5-6-1-3-7-4-2-6;/h3-4,7-8,13H,2,5-6,9-11H2,1H3;7,9H,2-6H2,1H3;1-5H;1H4. The van der Waals surface area contributed by atoms with Gasteiger partial charge >= 0.3 is 11.9 Å². The lowest BCUT2D eigenvalue weighted by Gasteiger charge is -2.30. The Hall–Kier alpha value is -3.17. The highest BCUT2D eigenvalue weighted by atomic mass is 16.5. The van der Waals surface area contributed by atoms with Crippen molar-refractivity contribution in [2.75, 3.05) is 39.4 Å². The molecule has 0 atom stereocenters. The molecule has 0 saturated carbocycles. The molecule has 0 spiro atoms. The molecule has 38 heavy (non-hydrogen) atoms. The topological polar surface area (TPSA) is 111 Å². The summed E-state index contributed by atoms with van der Waals surface area (Å²) in [6.45, 7) is 9.46. The van der Waals surface area contributed by atoms with Crippen molar-refractivity contribution >= 4 is 18.2 Å². The Morgan fingerprint density at radius 3 is 1.79 bits per heavy atom. The minimum atomic E-state index is -0.0268. The third kappa shape index (κ3) is 12.9. The average molecular weight is 529 g/mol. The van der Waals surface area contributed by atoms with Gasteiger partial charge in [-0.05, 0) is 95.5 Å². The van der Waals surface area contributed by atoms with Crippen molar-refractivity contribution in [2.45, 2.75) is 53.5 Å². The maximum Gasteiger partial charge on any atom is 0.309 e. The van der Waals surface area contributed by atoms with Crippen LogP contribution in [0.3, 0.4) is 0 Å². The van der Waals surface area contributed by atoms with Crippen molar-refractivity contribution in [2.24, 2.45) is 11.8 Å². The van der Waals surface area contributed by atoms with E-state index in [1.807, 2.05) is 38.4 Å². The van der Waals surface area contributed by atoms with Crippen LogP contribution in [-0.2, 0) is 25.6 Å². The number of likely N-dealkylation sites (tertiary alicyclic amines) is 1. The second-order valence-electron chi connectivity index (χ2n) is 8.83. The Morgan fingerprint density at radius 2 is 1.34 bits per heavy atom. The van der Waals surface area contributed by atoms with E-state index in [2.05, 4.69) is 20.2 Å². The lowest BCUT2D eigenvalue weighted by atomic mass is 9.97. The van der Waals surface area contributed by atoms with Gasteiger partial charge in [-0.1, -0.05) is 7.43 Å². The molecule has 4 rings (SSSR count). The van der Waals surface area contributed by atoms with Gasteiger partial charge in [0.15, 0.2) is 0 Å². The predicted octanol–water partition coefficient (Wildman–Crippen LogP) is 3.94. The Labute approximate surface area is 227 Å². The van der Waals surface area contributed by atoms with Crippen molar-refractivity contribution < 1.29 is 23.9 Å². The Balaban J connectivity index is 0.000000309. The largest absolute Gasteiger partial charge is 0.466 e. The molecule has 0 unspecified atom stereocenters. The number of nitrogens with zero attached hydrogens (tertiary/aromatic N) is 3. The van der Waals surface area contributed by atoms with Gasteiger partial charge < -0.3 is 14.8 Å². The number of ether oxygens (including phenoxy) is 2. The average Bonchev–Trinajstić information content (AvgIpc) is 2.96. The first-order chi connectivity index (χ1) is 18.1. The maximum atomic E-state index is 11.6. The molecule has 0 bridgehead atoms. The number of carbonyl (C=O) groups is 3. The lowest BCUT2D eigenvalue weighted by Crippen LogP contribution is -2.36. The molecule has 0 aliphatic carbocycles. The molecule has 210 valence electrons. The second kappa shape index (κ2) is 19.9. The summed E-state index contributed by atoms with van der Waals surface area (Å²) in [5.74, 6) is 0.199. The van der Waals surface area contributed by atoms with Crippen LogP contribution >= 0.6 is 0 Å². The summed E-state index contributed by atoms with van der Waals surface area (Å²) in [5, 5.41) is 3.20. The van der Waals surface area contributed by atoms with E-state index in [4.69, 9.17) is 9.47 Å². The molecular formula is C29H44N4O5. The SMILES string of the molecule is C.CCOC(=O)C1CCN(Cc2ccncc2)CC1.CCOC(=O)C1CCNCC1.O=Cc1ccncc1. The van der Waals surface area contributed by atoms with Crippen LogP contribution in [0.5, 0.6) is 0 Å². The molecule has 2 aromatic heterocycles. The molecule has 0 amide bonds. The van der Waals surface area contributed by atoms with Gasteiger partial charge in [-0.25, -0.2) is 0 Å². The number of nitrogens with one attached hydrogen (secondary N) is 1. The van der Waals surface area contributed by atoms with Gasteiger partial charge in [-0.2, -0.15) is 0 Å². The summed E-state index contributed by atoms with van der Waals surface area (Å²) in [5.41, 5.74) is 1.94. The molecule has 1 N–H and O–H groups in total. The quantitative estimate of drug-likeness (QED) is 0.422. The number of hydrogen-bond acceptors (Lipinski definition) is 9. The first-order valence-corrected chi connectivity index (χ1v) is 13.1. The Kier molecular flexibility index (Phi) is 17.2. The smallest absolute Gasteiger partial charge is 0.309 e. The van der Waals surface area contributed by atoms with E-state index in [-0.39, 0.29) is 31.2 Å². The van der Waals surface area contributed by atoms with E-state index in [0.717, 1.165) is 64.7 Å². The van der Waals surface area contributed by atoms with E-state index in [1.54, 1.807) is 24.5 Å². The van der Waals surface area contributed by atoms with Crippen LogP contribution in [0.15, 0.2) is 49.1 Å². The van der Waals surface area contributed by atoms with E-state index >= 15 is 0 Å². The number of aromatic nitrogens is 2. The van der Waals surface area contributed by atoms with Gasteiger partial charge in [-0.15, -0.1) is 0 Å². The van der Waals surface area contributed by atoms with Crippen LogP contribution in [0.1, 0.15) is 62.9 Å². The summed E-state index contributed by atoms with van der Waals surface area (Å²) in [4.78, 5) is 42.9. The minimum absolute atomic E-state index is 0. The summed E-state index contributed by atoms with van der Waals surface area (Å²) in [6.07, 6.45) is 11.3. The van der Waals surface area contributed by atoms with Gasteiger partial charge in [0.1, 0.15) is 6.29 Å². The van der Waals surface area contributed by atoms with Crippen molar-refractivity contribution in [3.05, 3.63) is 60.2 Å². The zero-order chi connectivity index (χ0) is 26.7. The highest BCUT2D eigenvalue weighted by Crippen LogP contribution is 2.20. The number of pyridine rings is 2. The van der Waals surface area contributed by atoms with Crippen molar-refractivity contribution in [1.29, 1.82) is 0 Å². The molecular weight excluding hydrogens is 484 g/mol. The van der Waals surface area contributed by atoms with Crippen molar-refractivity contribution in [3.63, 3.8) is 0 Å². The fourth-order valence-electron chi connectivity index (χ4n) is 4.09. The number of piperidine rings is 2. The Morgan fingerprint density at radius 1 is 0.868 bits per heavy atom. The minimum Gasteiger partial charge on any atom is -0.466 e. The van der Waals surface area contributed by atoms with Gasteiger partial charge in [0.05, 0.1) is 25.0 Å². The third-order valence-corrected chi connectivity index (χ3v) is 6.16. The van der Waals surface area contributed by atoms with Gasteiger partial charge in [0.25, 0.3) is 0 Å². The summed E-state index contributed by atoms with van der Waals surface area (Å²) in [7, 11) is 0. The predicted molar refractivity (Wildman–Crippen MR) is 147 cm³/mol. The van der Waals surface area contributed by atoms with Crippen LogP contribution in [0, 0.1) is 11.8 Å². The highest BCUT2D eigenvalue weighted by molar-refractivity contribution is 5.74. The fraction of sp³-hybridized carbons (Fsp3) is 0.552. The number of aldehydes is 1. The van der Waals surface area contributed by atoms with Gasteiger partial charge in [-0.3, -0.25) is 29.3 Å². The van der Waals surface area contributed by atoms with Crippen molar-refractivity contribution in [3.8, 4) is 0 Å². The lowest BCUT2D eigenvalue weighted by molar-refractivity contribution is -0.150. The molecule has 2 aliphatic rings. The summed E-state index contributed by atoms with van der Waals surface area (Å²) >= 11 is 0. The number of hydrogen-bond donors (Lipinski definition) is 1. The highest BCUT2D eigenvalue weighted by Gasteiger charge is 2.25. The molecule has 9 nitrogen and oxygen atoms in total. The summed E-state index contributed by atoms with van der Waals surface area (Å²) in [6, 6.07) is 7.40. The van der Waals surface area contributed by atoms with Crippen LogP contribution in [0.4, 0.5) is 0 Å². The van der Waals surface area contributed by atoms with Gasteiger partial charge in [0, 0.05) is 36.9 Å². The molecule has 2 fully saturated rings. The van der Waals surface area contributed by atoms with E-state index in [9.17, 15) is 14.4 Å². The number of carbonyl (C=O) groups excluding carboxylic acids is 3. The van der Waals surface area contributed by atoms with Crippen LogP contribution in [0.25, 0.3) is 0 Å². The van der Waals surface area contributed by atoms with E-state index in [1.165, 1.54) is 5.56 Å². The maximum absolute atomic E-state index is 11.6. The zero-order valence-electron chi connectivity index (χ0n) is 22.0. The zero-order valence-corrected chi connectivity index (χ0v) is 22.0. The van der Waals surface area contributed by atoms with E-state index < -0.39 is 0 Å². The normalized spacial score (nSPS) is 15.8. The molecule has 4 heterocycles. The summed E-state index contributed by atoms with van der Waals surface area (Å²) < 4.78 is 9.98. The number of esters is 2.